The van der Waals surface area contributed by atoms with Gasteiger partial charge < -0.3 is 14.6 Å². The lowest BCUT2D eigenvalue weighted by molar-refractivity contribution is -0.385. The third-order valence-corrected chi connectivity index (χ3v) is 5.21. The average molecular weight is 412 g/mol. The van der Waals surface area contributed by atoms with Crippen molar-refractivity contribution in [3.63, 3.8) is 0 Å². The Morgan fingerprint density at radius 1 is 1.28 bits per heavy atom. The Bertz CT molecular complexity index is 1030. The Morgan fingerprint density at radius 2 is 2.00 bits per heavy atom. The number of nitro groups is 1. The quantitative estimate of drug-likeness (QED) is 0.362. The van der Waals surface area contributed by atoms with Gasteiger partial charge in [0.25, 0.3) is 11.6 Å². The highest BCUT2D eigenvalue weighted by Gasteiger charge is 2.26. The number of nitro benzene ring substituents is 1. The lowest BCUT2D eigenvalue weighted by atomic mass is 10.0. The van der Waals surface area contributed by atoms with Crippen molar-refractivity contribution in [2.75, 3.05) is 13.4 Å². The molecule has 29 heavy (non-hydrogen) atoms. The van der Waals surface area contributed by atoms with Gasteiger partial charge in [-0.25, -0.2) is 4.98 Å². The van der Waals surface area contributed by atoms with E-state index in [2.05, 4.69) is 10.3 Å². The molecular weight excluding hydrogens is 392 g/mol. The predicted octanol–water partition coefficient (Wildman–Crippen LogP) is 3.58. The number of benzene rings is 2. The standard InChI is InChI=1S/C20H20N4O4S/c1-23-11-10-21-19(23)18(13-4-6-14(28-2)7-5-13)22-20(25)16-12-15(29-3)8-9-17(16)24(26)27/h4-12,18H,1-3H3,(H,22,25). The van der Waals surface area contributed by atoms with E-state index in [-0.39, 0.29) is 11.3 Å². The van der Waals surface area contributed by atoms with Crippen LogP contribution in [0.25, 0.3) is 0 Å². The minimum absolute atomic E-state index is 0.00886. The Labute approximate surface area is 172 Å². The van der Waals surface area contributed by atoms with Crippen LogP contribution in [-0.2, 0) is 7.05 Å². The van der Waals surface area contributed by atoms with Crippen LogP contribution in [0.3, 0.4) is 0 Å². The van der Waals surface area contributed by atoms with E-state index in [1.54, 1.807) is 42.3 Å². The number of imidazole rings is 1. The van der Waals surface area contributed by atoms with Gasteiger partial charge in [-0.1, -0.05) is 12.1 Å². The van der Waals surface area contributed by atoms with Crippen molar-refractivity contribution in [3.05, 3.63) is 81.9 Å². The molecule has 1 heterocycles. The van der Waals surface area contributed by atoms with Crippen LogP contribution in [0, 0.1) is 10.1 Å². The highest BCUT2D eigenvalue weighted by Crippen LogP contribution is 2.27. The first-order chi connectivity index (χ1) is 13.9. The smallest absolute Gasteiger partial charge is 0.282 e. The molecule has 1 amide bonds. The molecule has 0 spiro atoms. The van der Waals surface area contributed by atoms with Gasteiger partial charge in [0, 0.05) is 30.4 Å². The molecule has 8 nitrogen and oxygen atoms in total. The number of rotatable bonds is 7. The summed E-state index contributed by atoms with van der Waals surface area (Å²) in [6, 6.07) is 11.1. The van der Waals surface area contributed by atoms with Gasteiger partial charge in [0.2, 0.25) is 0 Å². The van der Waals surface area contributed by atoms with Crippen molar-refractivity contribution in [1.82, 2.24) is 14.9 Å². The van der Waals surface area contributed by atoms with E-state index >= 15 is 0 Å². The van der Waals surface area contributed by atoms with Crippen LogP contribution in [0.4, 0.5) is 5.69 Å². The zero-order valence-electron chi connectivity index (χ0n) is 16.2. The molecule has 0 aliphatic heterocycles. The zero-order valence-corrected chi connectivity index (χ0v) is 17.0. The lowest BCUT2D eigenvalue weighted by Crippen LogP contribution is -2.31. The molecule has 0 bridgehead atoms. The van der Waals surface area contributed by atoms with Gasteiger partial charge in [0.1, 0.15) is 23.2 Å². The van der Waals surface area contributed by atoms with Crippen LogP contribution in [0.5, 0.6) is 5.75 Å². The molecule has 0 saturated carbocycles. The van der Waals surface area contributed by atoms with Crippen molar-refractivity contribution in [1.29, 1.82) is 0 Å². The summed E-state index contributed by atoms with van der Waals surface area (Å²) in [6.45, 7) is 0. The molecule has 1 N–H and O–H groups in total. The molecule has 1 aromatic heterocycles. The van der Waals surface area contributed by atoms with E-state index in [1.165, 1.54) is 23.9 Å². The second-order valence-electron chi connectivity index (χ2n) is 6.22. The molecule has 150 valence electrons. The van der Waals surface area contributed by atoms with Crippen molar-refractivity contribution >= 4 is 23.4 Å². The molecule has 0 saturated heterocycles. The minimum atomic E-state index is -0.592. The largest absolute Gasteiger partial charge is 0.497 e. The van der Waals surface area contributed by atoms with E-state index in [9.17, 15) is 14.9 Å². The minimum Gasteiger partial charge on any atom is -0.497 e. The summed E-state index contributed by atoms with van der Waals surface area (Å²) in [7, 11) is 3.40. The predicted molar refractivity (Wildman–Crippen MR) is 110 cm³/mol. The molecule has 2 aromatic carbocycles. The monoisotopic (exact) mass is 412 g/mol. The van der Waals surface area contributed by atoms with E-state index in [4.69, 9.17) is 4.74 Å². The first kappa shape index (κ1) is 20.4. The van der Waals surface area contributed by atoms with E-state index in [0.29, 0.717) is 11.6 Å². The second kappa shape index (κ2) is 8.78. The number of nitrogens with zero attached hydrogens (tertiary/aromatic N) is 3. The molecule has 1 atom stereocenters. The normalized spacial score (nSPS) is 11.7. The van der Waals surface area contributed by atoms with Gasteiger partial charge in [-0.2, -0.15) is 0 Å². The van der Waals surface area contributed by atoms with Crippen LogP contribution in [-0.4, -0.2) is 33.7 Å². The summed E-state index contributed by atoms with van der Waals surface area (Å²) in [5.74, 6) is 0.741. The number of aryl methyl sites for hydroxylation is 1. The third-order valence-electron chi connectivity index (χ3n) is 4.49. The number of carbonyl (C=O) groups excluding carboxylic acids is 1. The molecule has 3 aromatic rings. The third kappa shape index (κ3) is 4.40. The highest BCUT2D eigenvalue weighted by atomic mass is 32.2. The Hall–Kier alpha value is -3.33. The van der Waals surface area contributed by atoms with Gasteiger partial charge in [-0.3, -0.25) is 14.9 Å². The summed E-state index contributed by atoms with van der Waals surface area (Å²) in [6.07, 6.45) is 5.25. The van der Waals surface area contributed by atoms with E-state index in [1.807, 2.05) is 25.4 Å². The van der Waals surface area contributed by atoms with Gasteiger partial charge in [0.15, 0.2) is 0 Å². The first-order valence-corrected chi connectivity index (χ1v) is 9.91. The number of methoxy groups -OCH3 is 1. The molecule has 0 aliphatic carbocycles. The topological polar surface area (TPSA) is 99.3 Å². The van der Waals surface area contributed by atoms with Crippen LogP contribution in [0.1, 0.15) is 27.8 Å². The molecule has 0 aliphatic rings. The zero-order chi connectivity index (χ0) is 21.0. The number of nitrogens with one attached hydrogen (secondary N) is 1. The van der Waals surface area contributed by atoms with Crippen molar-refractivity contribution in [2.24, 2.45) is 7.05 Å². The maximum Gasteiger partial charge on any atom is 0.282 e. The van der Waals surface area contributed by atoms with Crippen molar-refractivity contribution < 1.29 is 14.5 Å². The number of amides is 1. The summed E-state index contributed by atoms with van der Waals surface area (Å²) >= 11 is 1.41. The van der Waals surface area contributed by atoms with Crippen LogP contribution in [0.15, 0.2) is 59.8 Å². The molecule has 9 heteroatoms. The number of thioether (sulfide) groups is 1. The van der Waals surface area contributed by atoms with Gasteiger partial charge in [-0.05, 0) is 36.1 Å². The van der Waals surface area contributed by atoms with Crippen molar-refractivity contribution in [2.45, 2.75) is 10.9 Å². The summed E-state index contributed by atoms with van der Waals surface area (Å²) < 4.78 is 6.99. The van der Waals surface area contributed by atoms with Gasteiger partial charge in [0.05, 0.1) is 12.0 Å². The Morgan fingerprint density at radius 3 is 2.55 bits per heavy atom. The van der Waals surface area contributed by atoms with Crippen LogP contribution < -0.4 is 10.1 Å². The second-order valence-corrected chi connectivity index (χ2v) is 7.10. The first-order valence-electron chi connectivity index (χ1n) is 8.69. The molecule has 0 fully saturated rings. The maximum absolute atomic E-state index is 13.1. The SMILES string of the molecule is COc1ccc(C(NC(=O)c2cc(SC)ccc2[N+](=O)[O-])c2nccn2C)cc1. The fourth-order valence-corrected chi connectivity index (χ4v) is 3.38. The highest BCUT2D eigenvalue weighted by molar-refractivity contribution is 7.98. The van der Waals surface area contributed by atoms with E-state index < -0.39 is 16.9 Å². The lowest BCUT2D eigenvalue weighted by Gasteiger charge is -2.19. The van der Waals surface area contributed by atoms with Crippen LogP contribution in [0.2, 0.25) is 0 Å². The maximum atomic E-state index is 13.1. The summed E-state index contributed by atoms with van der Waals surface area (Å²) in [5, 5.41) is 14.3. The molecular formula is C20H20N4O4S. The fraction of sp³-hybridized carbons (Fsp3) is 0.200. The van der Waals surface area contributed by atoms with Crippen molar-refractivity contribution in [3.8, 4) is 5.75 Å². The molecule has 1 unspecified atom stereocenters. The Kier molecular flexibility index (Phi) is 6.18. The van der Waals surface area contributed by atoms with E-state index in [0.717, 1.165) is 10.5 Å². The number of ether oxygens (including phenoxy) is 1. The van der Waals surface area contributed by atoms with Gasteiger partial charge >= 0.3 is 0 Å². The van der Waals surface area contributed by atoms with Gasteiger partial charge in [-0.15, -0.1) is 11.8 Å². The molecule has 3 rings (SSSR count). The van der Waals surface area contributed by atoms with Crippen LogP contribution >= 0.6 is 11.8 Å². The summed E-state index contributed by atoms with van der Waals surface area (Å²) in [4.78, 5) is 29.0. The number of aromatic nitrogens is 2. The number of hydrogen-bond acceptors (Lipinski definition) is 6. The number of hydrogen-bond donors (Lipinski definition) is 1. The average Bonchev–Trinajstić information content (AvgIpc) is 3.16. The molecule has 0 radical (unpaired) electrons. The fourth-order valence-electron chi connectivity index (χ4n) is 2.94. The summed E-state index contributed by atoms with van der Waals surface area (Å²) in [5.41, 5.74) is 0.542. The Balaban J connectivity index is 2.01. The number of carbonyl (C=O) groups is 1.